The number of carbonyl (C=O) groups excluding carboxylic acids is 1. The first-order valence-electron chi connectivity index (χ1n) is 9.37. The standard InChI is InChI=1S/C23H24N2O3/c1-16-11-20(21(26)14-24(3)13-18-7-5-4-6-8-18)17(2)25(16)19-9-10-22-23(12-19)28-15-27-22/h4-12H,13-15H2,1-3H3. The van der Waals surface area contributed by atoms with Gasteiger partial charge in [-0.1, -0.05) is 30.3 Å². The van der Waals surface area contributed by atoms with Crippen LogP contribution in [0.25, 0.3) is 5.69 Å². The van der Waals surface area contributed by atoms with Gasteiger partial charge in [0.25, 0.3) is 0 Å². The Hall–Kier alpha value is -3.05. The number of ether oxygens (including phenoxy) is 2. The molecule has 0 bridgehead atoms. The monoisotopic (exact) mass is 376 g/mol. The lowest BCUT2D eigenvalue weighted by Gasteiger charge is -2.16. The summed E-state index contributed by atoms with van der Waals surface area (Å²) in [5.41, 5.74) is 4.88. The van der Waals surface area contributed by atoms with E-state index in [0.717, 1.165) is 40.7 Å². The summed E-state index contributed by atoms with van der Waals surface area (Å²) in [6.07, 6.45) is 0. The van der Waals surface area contributed by atoms with Crippen LogP contribution in [0.2, 0.25) is 0 Å². The number of hydrogen-bond acceptors (Lipinski definition) is 4. The molecule has 2 heterocycles. The normalized spacial score (nSPS) is 12.6. The van der Waals surface area contributed by atoms with Crippen LogP contribution in [-0.2, 0) is 6.54 Å². The molecule has 5 nitrogen and oxygen atoms in total. The number of aryl methyl sites for hydroxylation is 1. The van der Waals surface area contributed by atoms with Crippen LogP contribution in [0.5, 0.6) is 11.5 Å². The summed E-state index contributed by atoms with van der Waals surface area (Å²) in [6.45, 7) is 5.37. The van der Waals surface area contributed by atoms with Crippen molar-refractivity contribution in [3.63, 3.8) is 0 Å². The fraction of sp³-hybridized carbons (Fsp3) is 0.261. The molecule has 0 saturated carbocycles. The minimum Gasteiger partial charge on any atom is -0.454 e. The van der Waals surface area contributed by atoms with E-state index < -0.39 is 0 Å². The maximum Gasteiger partial charge on any atom is 0.231 e. The van der Waals surface area contributed by atoms with Gasteiger partial charge in [0.1, 0.15) is 0 Å². The number of ketones is 1. The van der Waals surface area contributed by atoms with Gasteiger partial charge < -0.3 is 14.0 Å². The van der Waals surface area contributed by atoms with E-state index in [1.807, 2.05) is 68.3 Å². The molecule has 144 valence electrons. The number of hydrogen-bond donors (Lipinski definition) is 0. The molecule has 2 aromatic carbocycles. The average molecular weight is 376 g/mol. The zero-order valence-electron chi connectivity index (χ0n) is 16.4. The summed E-state index contributed by atoms with van der Waals surface area (Å²) in [5.74, 6) is 1.61. The van der Waals surface area contributed by atoms with Crippen molar-refractivity contribution in [2.45, 2.75) is 20.4 Å². The fourth-order valence-electron chi connectivity index (χ4n) is 3.75. The zero-order valence-corrected chi connectivity index (χ0v) is 16.4. The minimum atomic E-state index is 0.124. The average Bonchev–Trinajstić information content (AvgIpc) is 3.25. The molecule has 4 rings (SSSR count). The van der Waals surface area contributed by atoms with Crippen LogP contribution in [0.15, 0.2) is 54.6 Å². The van der Waals surface area contributed by atoms with Crippen LogP contribution >= 0.6 is 0 Å². The summed E-state index contributed by atoms with van der Waals surface area (Å²) in [4.78, 5) is 15.0. The molecule has 5 heteroatoms. The molecule has 28 heavy (non-hydrogen) atoms. The molecule has 1 aliphatic rings. The first-order valence-corrected chi connectivity index (χ1v) is 9.37. The van der Waals surface area contributed by atoms with E-state index in [0.29, 0.717) is 6.54 Å². The SMILES string of the molecule is Cc1cc(C(=O)CN(C)Cc2ccccc2)c(C)n1-c1ccc2c(c1)OCO2. The van der Waals surface area contributed by atoms with Gasteiger partial charge >= 0.3 is 0 Å². The molecule has 0 amide bonds. The molecule has 1 aliphatic heterocycles. The number of Topliss-reactive ketones (excluding diaryl/α,β-unsaturated/α-hetero) is 1. The highest BCUT2D eigenvalue weighted by Gasteiger charge is 2.20. The molecule has 1 aromatic heterocycles. The molecule has 0 aliphatic carbocycles. The predicted octanol–water partition coefficient (Wildman–Crippen LogP) is 4.14. The number of carbonyl (C=O) groups is 1. The van der Waals surface area contributed by atoms with Gasteiger partial charge in [-0.05, 0) is 44.7 Å². The lowest BCUT2D eigenvalue weighted by Crippen LogP contribution is -2.25. The van der Waals surface area contributed by atoms with Gasteiger partial charge in [-0.2, -0.15) is 0 Å². The first-order chi connectivity index (χ1) is 13.5. The summed E-state index contributed by atoms with van der Waals surface area (Å²) < 4.78 is 13.0. The number of benzene rings is 2. The summed E-state index contributed by atoms with van der Waals surface area (Å²) in [6, 6.07) is 18.0. The van der Waals surface area contributed by atoms with E-state index in [1.54, 1.807) is 0 Å². The van der Waals surface area contributed by atoms with Gasteiger partial charge in [-0.25, -0.2) is 0 Å². The lowest BCUT2D eigenvalue weighted by atomic mass is 10.1. The number of rotatable bonds is 6. The van der Waals surface area contributed by atoms with Crippen LogP contribution in [0.4, 0.5) is 0 Å². The molecule has 3 aromatic rings. The number of fused-ring (bicyclic) bond motifs is 1. The Morgan fingerprint density at radius 1 is 1.04 bits per heavy atom. The lowest BCUT2D eigenvalue weighted by molar-refractivity contribution is 0.0942. The predicted molar refractivity (Wildman–Crippen MR) is 108 cm³/mol. The largest absolute Gasteiger partial charge is 0.454 e. The summed E-state index contributed by atoms with van der Waals surface area (Å²) in [7, 11) is 1.97. The van der Waals surface area contributed by atoms with Crippen LogP contribution in [0.1, 0.15) is 27.3 Å². The van der Waals surface area contributed by atoms with Crippen LogP contribution < -0.4 is 9.47 Å². The maximum absolute atomic E-state index is 13.0. The molecule has 0 unspecified atom stereocenters. The van der Waals surface area contributed by atoms with Gasteiger partial charge in [-0.3, -0.25) is 9.69 Å². The van der Waals surface area contributed by atoms with Crippen molar-refractivity contribution < 1.29 is 14.3 Å². The van der Waals surface area contributed by atoms with E-state index in [1.165, 1.54) is 5.56 Å². The van der Waals surface area contributed by atoms with Crippen molar-refractivity contribution in [3.05, 3.63) is 77.1 Å². The molecule has 0 fully saturated rings. The molecule has 0 saturated heterocycles. The molecule has 0 radical (unpaired) electrons. The second kappa shape index (κ2) is 7.52. The van der Waals surface area contributed by atoms with Crippen molar-refractivity contribution in [1.29, 1.82) is 0 Å². The second-order valence-electron chi connectivity index (χ2n) is 7.24. The fourth-order valence-corrected chi connectivity index (χ4v) is 3.75. The zero-order chi connectivity index (χ0) is 19.7. The second-order valence-corrected chi connectivity index (χ2v) is 7.24. The number of aromatic nitrogens is 1. The van der Waals surface area contributed by atoms with Crippen molar-refractivity contribution in [2.75, 3.05) is 20.4 Å². The maximum atomic E-state index is 13.0. The van der Waals surface area contributed by atoms with E-state index in [9.17, 15) is 4.79 Å². The van der Waals surface area contributed by atoms with Crippen molar-refractivity contribution in [1.82, 2.24) is 9.47 Å². The number of likely N-dealkylation sites (N-methyl/N-ethyl adjacent to an activating group) is 1. The molecule has 0 atom stereocenters. The van der Waals surface area contributed by atoms with E-state index in [2.05, 4.69) is 16.7 Å². The van der Waals surface area contributed by atoms with Crippen LogP contribution in [-0.4, -0.2) is 35.6 Å². The highest BCUT2D eigenvalue weighted by atomic mass is 16.7. The minimum absolute atomic E-state index is 0.124. The highest BCUT2D eigenvalue weighted by molar-refractivity contribution is 5.99. The van der Waals surface area contributed by atoms with E-state index in [-0.39, 0.29) is 12.6 Å². The molecular formula is C23H24N2O3. The Morgan fingerprint density at radius 3 is 2.57 bits per heavy atom. The van der Waals surface area contributed by atoms with Crippen LogP contribution in [0.3, 0.4) is 0 Å². The Labute approximate surface area is 165 Å². The van der Waals surface area contributed by atoms with Gasteiger partial charge in [-0.15, -0.1) is 0 Å². The third-order valence-corrected chi connectivity index (χ3v) is 5.05. The molecular weight excluding hydrogens is 352 g/mol. The van der Waals surface area contributed by atoms with Crippen molar-refractivity contribution >= 4 is 5.78 Å². The van der Waals surface area contributed by atoms with Crippen molar-refractivity contribution in [2.24, 2.45) is 0 Å². The third-order valence-electron chi connectivity index (χ3n) is 5.05. The first kappa shape index (κ1) is 18.3. The topological polar surface area (TPSA) is 43.7 Å². The van der Waals surface area contributed by atoms with Gasteiger partial charge in [0.05, 0.1) is 6.54 Å². The summed E-state index contributed by atoms with van der Waals surface area (Å²) >= 11 is 0. The quantitative estimate of drug-likeness (QED) is 0.607. The molecule has 0 N–H and O–H groups in total. The Bertz CT molecular complexity index is 1010. The van der Waals surface area contributed by atoms with E-state index in [4.69, 9.17) is 9.47 Å². The Balaban J connectivity index is 1.54. The van der Waals surface area contributed by atoms with Gasteiger partial charge in [0.15, 0.2) is 17.3 Å². The smallest absolute Gasteiger partial charge is 0.231 e. The Morgan fingerprint density at radius 2 is 1.79 bits per heavy atom. The van der Waals surface area contributed by atoms with Crippen LogP contribution in [0, 0.1) is 13.8 Å². The molecule has 0 spiro atoms. The van der Waals surface area contributed by atoms with Gasteiger partial charge in [0.2, 0.25) is 6.79 Å². The Kier molecular flexibility index (Phi) is 4.92. The number of nitrogens with zero attached hydrogens (tertiary/aromatic N) is 2. The van der Waals surface area contributed by atoms with Gasteiger partial charge in [0, 0.05) is 35.2 Å². The third kappa shape index (κ3) is 3.53. The van der Waals surface area contributed by atoms with Crippen molar-refractivity contribution in [3.8, 4) is 17.2 Å². The van der Waals surface area contributed by atoms with E-state index >= 15 is 0 Å². The highest BCUT2D eigenvalue weighted by Crippen LogP contribution is 2.34. The summed E-state index contributed by atoms with van der Waals surface area (Å²) in [5, 5.41) is 0.